The molecule has 0 amide bonds. The van der Waals surface area contributed by atoms with Crippen LogP contribution in [-0.2, 0) is 9.53 Å². The number of carboxylic acid groups (broad SMARTS) is 1. The summed E-state index contributed by atoms with van der Waals surface area (Å²) in [5.41, 5.74) is -0.861. The minimum atomic E-state index is -0.861. The van der Waals surface area contributed by atoms with Crippen molar-refractivity contribution in [3.05, 3.63) is 29.3 Å². The number of hydrogen-bond donors (Lipinski definition) is 1. The van der Waals surface area contributed by atoms with Crippen molar-refractivity contribution in [3.63, 3.8) is 0 Å². The Morgan fingerprint density at radius 3 is 2.43 bits per heavy atom. The Kier molecular flexibility index (Phi) is 8.06. The molecule has 6 heteroatoms. The molecule has 1 aliphatic rings. The molecular formula is C15H20ClNaO4. The SMILES string of the molecule is O=C(O)[C@@]1(CCCCCCOc2ccc(Cl)cc2)CO1.[NaH]. The van der Waals surface area contributed by atoms with Gasteiger partial charge < -0.3 is 14.6 Å². The first-order valence-electron chi connectivity index (χ1n) is 6.88. The van der Waals surface area contributed by atoms with Gasteiger partial charge in [-0.25, -0.2) is 4.79 Å². The van der Waals surface area contributed by atoms with Crippen LogP contribution >= 0.6 is 11.6 Å². The quantitative estimate of drug-likeness (QED) is 0.431. The van der Waals surface area contributed by atoms with Crippen molar-refractivity contribution >= 4 is 47.1 Å². The Hall–Kier alpha value is -0.260. The Morgan fingerprint density at radius 1 is 1.24 bits per heavy atom. The van der Waals surface area contributed by atoms with Crippen molar-refractivity contribution < 1.29 is 19.4 Å². The molecule has 1 atom stereocenters. The number of hydrogen-bond acceptors (Lipinski definition) is 3. The van der Waals surface area contributed by atoms with E-state index in [1.54, 1.807) is 12.1 Å². The molecule has 1 aromatic rings. The normalized spacial score (nSPS) is 19.7. The van der Waals surface area contributed by atoms with E-state index in [-0.39, 0.29) is 29.6 Å². The van der Waals surface area contributed by atoms with Gasteiger partial charge in [-0.15, -0.1) is 0 Å². The summed E-state index contributed by atoms with van der Waals surface area (Å²) in [6.45, 7) is 1.03. The van der Waals surface area contributed by atoms with E-state index in [0.717, 1.165) is 31.4 Å². The number of aliphatic carboxylic acids is 1. The summed E-state index contributed by atoms with van der Waals surface area (Å²) in [5, 5.41) is 9.64. The molecule has 4 nitrogen and oxygen atoms in total. The number of carbonyl (C=O) groups is 1. The minimum absolute atomic E-state index is 0. The maximum atomic E-state index is 10.9. The van der Waals surface area contributed by atoms with E-state index in [4.69, 9.17) is 26.2 Å². The second-order valence-corrected chi connectivity index (χ2v) is 5.49. The molecule has 1 heterocycles. The van der Waals surface area contributed by atoms with Gasteiger partial charge in [0.25, 0.3) is 0 Å². The van der Waals surface area contributed by atoms with Gasteiger partial charge in [0.15, 0.2) is 5.60 Å². The zero-order valence-electron chi connectivity index (χ0n) is 11.3. The molecule has 0 aliphatic carbocycles. The first kappa shape index (κ1) is 18.8. The number of epoxide rings is 1. The van der Waals surface area contributed by atoms with Crippen molar-refractivity contribution in [2.45, 2.75) is 37.7 Å². The fraction of sp³-hybridized carbons (Fsp3) is 0.533. The van der Waals surface area contributed by atoms with Crippen LogP contribution in [-0.4, -0.2) is 59.4 Å². The Balaban J connectivity index is 0.00000220. The molecule has 0 bridgehead atoms. The van der Waals surface area contributed by atoms with Gasteiger partial charge in [-0.2, -0.15) is 0 Å². The van der Waals surface area contributed by atoms with Gasteiger partial charge in [0.2, 0.25) is 0 Å². The summed E-state index contributed by atoms with van der Waals surface area (Å²) in [6.07, 6.45) is 4.49. The Bertz CT molecular complexity index is 445. The van der Waals surface area contributed by atoms with Crippen LogP contribution in [0.15, 0.2) is 24.3 Å². The van der Waals surface area contributed by atoms with Gasteiger partial charge in [0.05, 0.1) is 13.2 Å². The molecule has 1 saturated heterocycles. The molecule has 0 saturated carbocycles. The van der Waals surface area contributed by atoms with Gasteiger partial charge in [-0.05, 0) is 43.5 Å². The molecule has 0 unspecified atom stereocenters. The van der Waals surface area contributed by atoms with Crippen LogP contribution in [0.5, 0.6) is 5.75 Å². The fourth-order valence-corrected chi connectivity index (χ4v) is 2.17. The molecule has 0 aromatic heterocycles. The zero-order chi connectivity index (χ0) is 14.4. The average Bonchev–Trinajstić information content (AvgIpc) is 3.21. The van der Waals surface area contributed by atoms with Crippen LogP contribution < -0.4 is 4.74 Å². The van der Waals surface area contributed by atoms with E-state index in [0.29, 0.717) is 24.7 Å². The molecule has 21 heavy (non-hydrogen) atoms. The monoisotopic (exact) mass is 322 g/mol. The van der Waals surface area contributed by atoms with Crippen molar-refractivity contribution in [1.82, 2.24) is 0 Å². The van der Waals surface area contributed by atoms with Crippen molar-refractivity contribution in [2.75, 3.05) is 13.2 Å². The van der Waals surface area contributed by atoms with E-state index in [1.807, 2.05) is 12.1 Å². The number of rotatable bonds is 9. The van der Waals surface area contributed by atoms with Crippen LogP contribution in [0.1, 0.15) is 32.1 Å². The summed E-state index contributed by atoms with van der Waals surface area (Å²) < 4.78 is 10.6. The summed E-state index contributed by atoms with van der Waals surface area (Å²) in [6, 6.07) is 7.31. The predicted molar refractivity (Wildman–Crippen MR) is 83.5 cm³/mol. The molecule has 1 N–H and O–H groups in total. The van der Waals surface area contributed by atoms with Gasteiger partial charge in [0, 0.05) is 5.02 Å². The average molecular weight is 323 g/mol. The molecule has 2 rings (SSSR count). The van der Waals surface area contributed by atoms with Crippen molar-refractivity contribution in [1.29, 1.82) is 0 Å². The maximum absolute atomic E-state index is 10.9. The summed E-state index contributed by atoms with van der Waals surface area (Å²) in [7, 11) is 0. The number of halogens is 1. The van der Waals surface area contributed by atoms with Crippen molar-refractivity contribution in [2.24, 2.45) is 0 Å². The second kappa shape index (κ2) is 9.01. The van der Waals surface area contributed by atoms with Gasteiger partial charge in [0.1, 0.15) is 5.75 Å². The second-order valence-electron chi connectivity index (χ2n) is 5.05. The Labute approximate surface area is 152 Å². The summed E-state index contributed by atoms with van der Waals surface area (Å²) >= 11 is 5.79. The molecule has 1 aliphatic heterocycles. The van der Waals surface area contributed by atoms with Gasteiger partial charge in [-0.1, -0.05) is 24.4 Å². The van der Waals surface area contributed by atoms with E-state index in [9.17, 15) is 4.79 Å². The van der Waals surface area contributed by atoms with Gasteiger partial charge >= 0.3 is 35.5 Å². The van der Waals surface area contributed by atoms with E-state index in [1.165, 1.54) is 0 Å². The fourth-order valence-electron chi connectivity index (χ4n) is 2.05. The van der Waals surface area contributed by atoms with E-state index >= 15 is 0 Å². The third kappa shape index (κ3) is 6.17. The van der Waals surface area contributed by atoms with E-state index < -0.39 is 11.6 Å². The third-order valence-corrected chi connectivity index (χ3v) is 3.69. The van der Waals surface area contributed by atoms with E-state index in [2.05, 4.69) is 0 Å². The van der Waals surface area contributed by atoms with Crippen LogP contribution in [0, 0.1) is 0 Å². The molecule has 112 valence electrons. The standard InChI is InChI=1S/C15H19ClO4.Na.H/c16-12-5-7-13(8-6-12)19-10-4-2-1-3-9-15(11-20-15)14(17)18;;/h5-8H,1-4,9-11H2,(H,17,18);;/t15-;;/m1../s1. The molecule has 1 aromatic carbocycles. The van der Waals surface area contributed by atoms with Crippen LogP contribution in [0.3, 0.4) is 0 Å². The number of benzene rings is 1. The van der Waals surface area contributed by atoms with Gasteiger partial charge in [-0.3, -0.25) is 0 Å². The summed E-state index contributed by atoms with van der Waals surface area (Å²) in [5.74, 6) is -0.00539. The number of carboxylic acids is 1. The molecule has 1 fully saturated rings. The molecule has 0 radical (unpaired) electrons. The predicted octanol–water partition coefficient (Wildman–Crippen LogP) is 2.87. The zero-order valence-corrected chi connectivity index (χ0v) is 12.1. The topological polar surface area (TPSA) is 59.1 Å². The number of unbranched alkanes of at least 4 members (excludes halogenated alkanes) is 3. The molecular weight excluding hydrogens is 303 g/mol. The van der Waals surface area contributed by atoms with Crippen LogP contribution in [0.4, 0.5) is 0 Å². The first-order chi connectivity index (χ1) is 9.62. The van der Waals surface area contributed by atoms with Crippen molar-refractivity contribution in [3.8, 4) is 5.75 Å². The Morgan fingerprint density at radius 2 is 1.86 bits per heavy atom. The number of ether oxygens (including phenoxy) is 2. The van der Waals surface area contributed by atoms with Crippen LogP contribution in [0.25, 0.3) is 0 Å². The van der Waals surface area contributed by atoms with Crippen LogP contribution in [0.2, 0.25) is 5.02 Å². The third-order valence-electron chi connectivity index (χ3n) is 3.44. The molecule has 0 spiro atoms. The summed E-state index contributed by atoms with van der Waals surface area (Å²) in [4.78, 5) is 10.9. The first-order valence-corrected chi connectivity index (χ1v) is 7.26.